The Hall–Kier alpha value is -2.01. The van der Waals surface area contributed by atoms with Gasteiger partial charge in [-0.1, -0.05) is 13.0 Å². The van der Waals surface area contributed by atoms with E-state index >= 15 is 0 Å². The second-order valence-electron chi connectivity index (χ2n) is 4.95. The molecule has 1 aromatic heterocycles. The van der Waals surface area contributed by atoms with Gasteiger partial charge in [0.05, 0.1) is 18.8 Å². The number of para-hydroxylation sites is 1. The van der Waals surface area contributed by atoms with Crippen LogP contribution in [0.5, 0.6) is 5.75 Å². The number of nitrogens with zero attached hydrogens (tertiary/aromatic N) is 1. The minimum absolute atomic E-state index is 0.234. The van der Waals surface area contributed by atoms with Gasteiger partial charge >= 0.3 is 5.97 Å². The van der Waals surface area contributed by atoms with E-state index in [9.17, 15) is 9.90 Å². The molecule has 0 saturated carbocycles. The Morgan fingerprint density at radius 1 is 1.33 bits per heavy atom. The lowest BCUT2D eigenvalue weighted by molar-refractivity contribution is 0.0692. The summed E-state index contributed by atoms with van der Waals surface area (Å²) in [5, 5.41) is 9.26. The second kappa shape index (κ2) is 5.77. The van der Waals surface area contributed by atoms with Gasteiger partial charge in [0, 0.05) is 9.75 Å². The van der Waals surface area contributed by atoms with Crippen molar-refractivity contribution in [1.29, 1.82) is 0 Å². The molecule has 110 valence electrons. The van der Waals surface area contributed by atoms with Crippen molar-refractivity contribution in [3.63, 3.8) is 0 Å². The van der Waals surface area contributed by atoms with Crippen molar-refractivity contribution in [2.75, 3.05) is 18.1 Å². The highest BCUT2D eigenvalue weighted by Gasteiger charge is 2.23. The molecule has 0 amide bonds. The van der Waals surface area contributed by atoms with E-state index in [1.165, 1.54) is 9.75 Å². The number of ether oxygens (including phenoxy) is 1. The van der Waals surface area contributed by atoms with Gasteiger partial charge in [-0.2, -0.15) is 0 Å². The first-order valence-corrected chi connectivity index (χ1v) is 7.82. The number of carbonyl (C=O) groups is 1. The van der Waals surface area contributed by atoms with Crippen molar-refractivity contribution in [2.45, 2.75) is 19.9 Å². The molecule has 0 saturated heterocycles. The van der Waals surface area contributed by atoms with Crippen LogP contribution in [0, 0.1) is 0 Å². The highest BCUT2D eigenvalue weighted by molar-refractivity contribution is 7.12. The van der Waals surface area contributed by atoms with E-state index in [1.807, 2.05) is 17.4 Å². The number of aryl methyl sites for hydroxylation is 1. The molecule has 0 spiro atoms. The molecule has 2 heterocycles. The van der Waals surface area contributed by atoms with Crippen LogP contribution in [-0.4, -0.2) is 24.2 Å². The summed E-state index contributed by atoms with van der Waals surface area (Å²) in [5.41, 5.74) is 1.10. The molecule has 21 heavy (non-hydrogen) atoms. The molecular formula is C16H17NO3S. The molecule has 5 heteroatoms. The van der Waals surface area contributed by atoms with Gasteiger partial charge in [-0.15, -0.1) is 11.3 Å². The summed E-state index contributed by atoms with van der Waals surface area (Å²) in [7, 11) is 0. The van der Waals surface area contributed by atoms with Gasteiger partial charge in [-0.3, -0.25) is 0 Å². The van der Waals surface area contributed by atoms with Crippen LogP contribution in [0.2, 0.25) is 0 Å². The van der Waals surface area contributed by atoms with Gasteiger partial charge in [0.15, 0.2) is 5.75 Å². The Morgan fingerprint density at radius 3 is 2.86 bits per heavy atom. The summed E-state index contributed by atoms with van der Waals surface area (Å²) in [6.07, 6.45) is 1.05. The predicted molar refractivity (Wildman–Crippen MR) is 83.6 cm³/mol. The van der Waals surface area contributed by atoms with Crippen molar-refractivity contribution in [3.8, 4) is 5.75 Å². The fourth-order valence-electron chi connectivity index (χ4n) is 2.52. The van der Waals surface area contributed by atoms with Crippen LogP contribution in [0.3, 0.4) is 0 Å². The normalized spacial score (nSPS) is 13.7. The van der Waals surface area contributed by atoms with E-state index in [-0.39, 0.29) is 5.56 Å². The summed E-state index contributed by atoms with van der Waals surface area (Å²) in [4.78, 5) is 16.1. The maximum absolute atomic E-state index is 11.3. The van der Waals surface area contributed by atoms with Gasteiger partial charge in [-0.25, -0.2) is 4.79 Å². The third kappa shape index (κ3) is 2.74. The molecule has 0 aliphatic carbocycles. The zero-order valence-electron chi connectivity index (χ0n) is 11.8. The van der Waals surface area contributed by atoms with Gasteiger partial charge in [0.25, 0.3) is 0 Å². The summed E-state index contributed by atoms with van der Waals surface area (Å²) < 4.78 is 5.59. The highest BCUT2D eigenvalue weighted by Crippen LogP contribution is 2.36. The number of carboxylic acids is 1. The van der Waals surface area contributed by atoms with Crippen LogP contribution in [-0.2, 0) is 13.0 Å². The standard InChI is InChI=1S/C16H17NO3S/c1-2-11-6-7-12(21-11)10-17-8-9-20-15-13(16(18)19)4-3-5-14(15)17/h3-7H,2,8-10H2,1H3,(H,18,19). The molecule has 1 aliphatic heterocycles. The summed E-state index contributed by atoms with van der Waals surface area (Å²) in [5.74, 6) is -0.457. The number of rotatable bonds is 4. The third-order valence-electron chi connectivity index (χ3n) is 3.59. The molecule has 1 N–H and O–H groups in total. The molecule has 1 aliphatic rings. The minimum Gasteiger partial charge on any atom is -0.489 e. The van der Waals surface area contributed by atoms with Gasteiger partial charge in [-0.05, 0) is 30.7 Å². The smallest absolute Gasteiger partial charge is 0.339 e. The average Bonchev–Trinajstić information content (AvgIpc) is 2.94. The number of hydrogen-bond acceptors (Lipinski definition) is 4. The Labute approximate surface area is 127 Å². The molecule has 2 aromatic rings. The monoisotopic (exact) mass is 303 g/mol. The maximum Gasteiger partial charge on any atom is 0.339 e. The topological polar surface area (TPSA) is 49.8 Å². The van der Waals surface area contributed by atoms with Crippen molar-refractivity contribution in [2.24, 2.45) is 0 Å². The first kappa shape index (κ1) is 13.9. The van der Waals surface area contributed by atoms with Gasteiger partial charge < -0.3 is 14.7 Å². The predicted octanol–water partition coefficient (Wildman–Crippen LogP) is 3.41. The Kier molecular flexibility index (Phi) is 3.84. The average molecular weight is 303 g/mol. The van der Waals surface area contributed by atoms with Gasteiger partial charge in [0.2, 0.25) is 0 Å². The lowest BCUT2D eigenvalue weighted by Crippen LogP contribution is -2.32. The Morgan fingerprint density at radius 2 is 2.14 bits per heavy atom. The number of fused-ring (bicyclic) bond motifs is 1. The van der Waals surface area contributed by atoms with Crippen LogP contribution in [0.4, 0.5) is 5.69 Å². The van der Waals surface area contributed by atoms with Crippen LogP contribution >= 0.6 is 11.3 Å². The number of carboxylic acid groups (broad SMARTS) is 1. The Bertz CT molecular complexity index is 665. The van der Waals surface area contributed by atoms with Crippen molar-refractivity contribution in [1.82, 2.24) is 0 Å². The van der Waals surface area contributed by atoms with Crippen molar-refractivity contribution < 1.29 is 14.6 Å². The molecular weight excluding hydrogens is 286 g/mol. The fourth-order valence-corrected chi connectivity index (χ4v) is 3.50. The number of benzene rings is 1. The van der Waals surface area contributed by atoms with Crippen LogP contribution in [0.15, 0.2) is 30.3 Å². The van der Waals surface area contributed by atoms with Gasteiger partial charge in [0.1, 0.15) is 12.2 Å². The largest absolute Gasteiger partial charge is 0.489 e. The summed E-state index contributed by atoms with van der Waals surface area (Å²) >= 11 is 1.81. The molecule has 0 radical (unpaired) electrons. The zero-order valence-corrected chi connectivity index (χ0v) is 12.7. The number of aromatic carboxylic acids is 1. The molecule has 0 fully saturated rings. The van der Waals surface area contributed by atoms with Crippen LogP contribution < -0.4 is 9.64 Å². The molecule has 1 aromatic carbocycles. The third-order valence-corrected chi connectivity index (χ3v) is 4.80. The van der Waals surface area contributed by atoms with E-state index in [2.05, 4.69) is 24.0 Å². The first-order chi connectivity index (χ1) is 10.2. The van der Waals surface area contributed by atoms with Crippen LogP contribution in [0.1, 0.15) is 27.0 Å². The van der Waals surface area contributed by atoms with E-state index < -0.39 is 5.97 Å². The number of hydrogen-bond donors (Lipinski definition) is 1. The molecule has 0 atom stereocenters. The summed E-state index contributed by atoms with van der Waals surface area (Å²) in [6.45, 7) is 4.24. The molecule has 3 rings (SSSR count). The lowest BCUT2D eigenvalue weighted by atomic mass is 10.1. The molecule has 4 nitrogen and oxygen atoms in total. The first-order valence-electron chi connectivity index (χ1n) is 7.00. The van der Waals surface area contributed by atoms with Crippen LogP contribution in [0.25, 0.3) is 0 Å². The highest BCUT2D eigenvalue weighted by atomic mass is 32.1. The minimum atomic E-state index is -0.946. The molecule has 0 unspecified atom stereocenters. The Balaban J connectivity index is 1.90. The SMILES string of the molecule is CCc1ccc(CN2CCOc3c(C(=O)O)cccc32)s1. The molecule has 0 bridgehead atoms. The lowest BCUT2D eigenvalue weighted by Gasteiger charge is -2.31. The quantitative estimate of drug-likeness (QED) is 0.940. The zero-order chi connectivity index (χ0) is 14.8. The van der Waals surface area contributed by atoms with E-state index in [0.717, 1.165) is 25.2 Å². The van der Waals surface area contributed by atoms with E-state index in [1.54, 1.807) is 12.1 Å². The van der Waals surface area contributed by atoms with Crippen molar-refractivity contribution in [3.05, 3.63) is 45.6 Å². The number of anilines is 1. The van der Waals surface area contributed by atoms with E-state index in [0.29, 0.717) is 12.4 Å². The fraction of sp³-hybridized carbons (Fsp3) is 0.312. The van der Waals surface area contributed by atoms with E-state index in [4.69, 9.17) is 4.74 Å². The maximum atomic E-state index is 11.3. The number of thiophene rings is 1. The van der Waals surface area contributed by atoms with Crippen molar-refractivity contribution >= 4 is 23.0 Å². The second-order valence-corrected chi connectivity index (χ2v) is 6.20. The summed E-state index contributed by atoms with van der Waals surface area (Å²) in [6, 6.07) is 9.60.